The van der Waals surface area contributed by atoms with Crippen molar-refractivity contribution in [1.29, 1.82) is 0 Å². The Balaban J connectivity index is -0.000000218. The summed E-state index contributed by atoms with van der Waals surface area (Å²) in [5.74, 6) is 1.23. The number of hydrogen-bond donors (Lipinski definition) is 0. The predicted molar refractivity (Wildman–Crippen MR) is 145 cm³/mol. The first-order valence-corrected chi connectivity index (χ1v) is 17.3. The molecule has 0 aromatic rings. The van der Waals surface area contributed by atoms with E-state index < -0.39 is 24.8 Å². The second kappa shape index (κ2) is 35.8. The first-order valence-electron chi connectivity index (χ1n) is 13.6. The molecular weight excluding hydrogens is 669 g/mol. The molecular formula is C24H54NdO9P3. The van der Waals surface area contributed by atoms with Crippen LogP contribution in [0.3, 0.4) is 0 Å². The third-order valence-electron chi connectivity index (χ3n) is 5.94. The van der Waals surface area contributed by atoms with Gasteiger partial charge in [0.1, 0.15) is 24.8 Å². The Labute approximate surface area is 262 Å². The Morgan fingerprint density at radius 1 is 0.514 bits per heavy atom. The van der Waals surface area contributed by atoms with Crippen LogP contribution in [-0.2, 0) is 27.3 Å². The molecule has 0 aromatic heterocycles. The molecule has 0 rings (SSSR count). The normalized spacial score (nSPS) is 15.5. The van der Waals surface area contributed by atoms with Crippen molar-refractivity contribution in [3.05, 3.63) is 0 Å². The van der Waals surface area contributed by atoms with Crippen molar-refractivity contribution in [2.24, 2.45) is 17.8 Å². The van der Waals surface area contributed by atoms with E-state index >= 15 is 0 Å². The smallest absolute Gasteiger partial charge is 0.781 e. The summed E-state index contributed by atoms with van der Waals surface area (Å²) in [6.45, 7) is 13.7. The maximum absolute atomic E-state index is 10.1. The van der Waals surface area contributed by atoms with Crippen molar-refractivity contribution in [3.8, 4) is 0 Å². The molecule has 0 heterocycles. The van der Waals surface area contributed by atoms with Crippen LogP contribution in [0.15, 0.2) is 0 Å². The zero-order valence-electron chi connectivity index (χ0n) is 24.0. The van der Waals surface area contributed by atoms with Gasteiger partial charge in [0.2, 0.25) is 0 Å². The van der Waals surface area contributed by atoms with E-state index in [4.69, 9.17) is 0 Å². The van der Waals surface area contributed by atoms with Gasteiger partial charge in [0, 0.05) is 0 Å². The molecule has 0 aliphatic rings. The largest absolute Gasteiger partial charge is 3.00 e. The fraction of sp³-hybridized carbons (Fsp3) is 1.00. The summed E-state index contributed by atoms with van der Waals surface area (Å²) in [5, 5.41) is 0. The van der Waals surface area contributed by atoms with Crippen LogP contribution in [0.25, 0.3) is 0 Å². The van der Waals surface area contributed by atoms with Crippen LogP contribution >= 0.6 is 24.8 Å². The van der Waals surface area contributed by atoms with Gasteiger partial charge in [-0.05, 0) is 37.0 Å². The minimum Gasteiger partial charge on any atom is -0.781 e. The molecule has 0 fully saturated rings. The standard InChI is InChI=1S/3C8H19O3P.Nd/c3*1-3-5-6-8(4-2)7-11-12(9)10;/h3*8,12H,3-7H2,1-2H3,(H,9,10);/q;;;+3/p-3. The molecule has 6 atom stereocenters. The topological polar surface area (TPSA) is 148 Å². The first kappa shape index (κ1) is 45.8. The van der Waals surface area contributed by atoms with E-state index in [9.17, 15) is 28.4 Å². The Hall–Kier alpha value is 1.80. The van der Waals surface area contributed by atoms with E-state index in [0.717, 1.165) is 77.0 Å². The molecule has 0 amide bonds. The van der Waals surface area contributed by atoms with Crippen LogP contribution in [0, 0.1) is 58.6 Å². The van der Waals surface area contributed by atoms with E-state index in [1.54, 1.807) is 0 Å². The summed E-state index contributed by atoms with van der Waals surface area (Å²) in [4.78, 5) is 30.4. The van der Waals surface area contributed by atoms with Gasteiger partial charge in [-0.1, -0.05) is 99.3 Å². The summed E-state index contributed by atoms with van der Waals surface area (Å²) in [6, 6.07) is 0. The minimum absolute atomic E-state index is 0. The van der Waals surface area contributed by atoms with Gasteiger partial charge in [0.05, 0.1) is 19.8 Å². The third kappa shape index (κ3) is 40.0. The van der Waals surface area contributed by atoms with Crippen molar-refractivity contribution >= 4 is 24.8 Å². The summed E-state index contributed by atoms with van der Waals surface area (Å²) in [5.41, 5.74) is 0. The van der Waals surface area contributed by atoms with Crippen molar-refractivity contribution in [2.45, 2.75) is 119 Å². The molecule has 223 valence electrons. The Morgan fingerprint density at radius 2 is 0.730 bits per heavy atom. The fourth-order valence-corrected chi connectivity index (χ4v) is 4.37. The molecule has 0 bridgehead atoms. The Morgan fingerprint density at radius 3 is 0.865 bits per heavy atom. The van der Waals surface area contributed by atoms with Gasteiger partial charge in [-0.25, -0.2) is 0 Å². The van der Waals surface area contributed by atoms with Gasteiger partial charge >= 0.3 is 40.8 Å². The summed E-state index contributed by atoms with van der Waals surface area (Å²) in [6.07, 6.45) is 13.1. The number of rotatable bonds is 21. The number of unbranched alkanes of at least 4 members (excludes halogenated alkanes) is 3. The second-order valence-corrected chi connectivity index (χ2v) is 11.3. The summed E-state index contributed by atoms with van der Waals surface area (Å²) in [7, 11) is -8.89. The van der Waals surface area contributed by atoms with E-state index in [1.165, 1.54) is 0 Å². The molecule has 9 nitrogen and oxygen atoms in total. The van der Waals surface area contributed by atoms with E-state index in [1.807, 2.05) is 0 Å². The van der Waals surface area contributed by atoms with Gasteiger partial charge in [-0.15, -0.1) is 0 Å². The SMILES string of the molecule is CCCCC(CC)CO[PH](=O)[O-].CCCCC(CC)CO[PH](=O)[O-].CCCCC(CC)CO[PH](=O)[O-].[Nd+3]. The van der Waals surface area contributed by atoms with Gasteiger partial charge in [-0.2, -0.15) is 0 Å². The molecule has 0 aromatic carbocycles. The molecule has 0 saturated heterocycles. The average Bonchev–Trinajstić information content (AvgIpc) is 2.85. The van der Waals surface area contributed by atoms with Crippen molar-refractivity contribution in [2.75, 3.05) is 19.8 Å². The quantitative estimate of drug-likeness (QED) is 0.132. The monoisotopic (exact) mass is 721 g/mol. The Kier molecular flexibility index (Phi) is 44.3. The maximum Gasteiger partial charge on any atom is 3.00 e. The van der Waals surface area contributed by atoms with Crippen molar-refractivity contribution in [1.82, 2.24) is 0 Å². The minimum atomic E-state index is -2.96. The van der Waals surface area contributed by atoms with Crippen LogP contribution in [-0.4, -0.2) is 19.8 Å². The summed E-state index contributed by atoms with van der Waals surface area (Å²) >= 11 is 0. The number of hydrogen-bond acceptors (Lipinski definition) is 9. The molecule has 0 spiro atoms. The molecule has 37 heavy (non-hydrogen) atoms. The molecule has 0 saturated carbocycles. The molecule has 1 radical (unpaired) electrons. The Bertz CT molecular complexity index is 460. The van der Waals surface area contributed by atoms with Crippen molar-refractivity contribution in [3.63, 3.8) is 0 Å². The van der Waals surface area contributed by atoms with Gasteiger partial charge in [0.15, 0.2) is 0 Å². The average molecular weight is 724 g/mol. The van der Waals surface area contributed by atoms with Crippen LogP contribution in [0.4, 0.5) is 0 Å². The van der Waals surface area contributed by atoms with E-state index in [0.29, 0.717) is 37.6 Å². The molecule has 13 heteroatoms. The zero-order chi connectivity index (χ0) is 28.2. The van der Waals surface area contributed by atoms with E-state index in [2.05, 4.69) is 55.1 Å². The molecule has 6 unspecified atom stereocenters. The molecule has 0 aliphatic carbocycles. The van der Waals surface area contributed by atoms with E-state index in [-0.39, 0.29) is 40.8 Å². The van der Waals surface area contributed by atoms with Crippen LogP contribution < -0.4 is 14.7 Å². The maximum atomic E-state index is 10.1. The first-order chi connectivity index (χ1) is 17.1. The zero-order valence-corrected chi connectivity index (χ0v) is 30.2. The summed E-state index contributed by atoms with van der Waals surface area (Å²) < 4.78 is 44.2. The fourth-order valence-electron chi connectivity index (χ4n) is 3.25. The van der Waals surface area contributed by atoms with Crippen molar-refractivity contribution < 1.29 is 82.8 Å². The van der Waals surface area contributed by atoms with Gasteiger partial charge < -0.3 is 41.9 Å². The van der Waals surface area contributed by atoms with Crippen LogP contribution in [0.5, 0.6) is 0 Å². The van der Waals surface area contributed by atoms with Gasteiger partial charge in [-0.3, -0.25) is 0 Å². The van der Waals surface area contributed by atoms with Gasteiger partial charge in [0.25, 0.3) is 0 Å². The molecule has 0 N–H and O–H groups in total. The second-order valence-electron chi connectivity index (χ2n) is 8.93. The van der Waals surface area contributed by atoms with Crippen LogP contribution in [0.2, 0.25) is 0 Å². The predicted octanol–water partition coefficient (Wildman–Crippen LogP) is 5.91. The van der Waals surface area contributed by atoms with Crippen LogP contribution in [0.1, 0.15) is 119 Å². The molecule has 0 aliphatic heterocycles. The third-order valence-corrected chi connectivity index (χ3v) is 7.15.